The van der Waals surface area contributed by atoms with Gasteiger partial charge in [-0.15, -0.1) is 0 Å². The minimum atomic E-state index is -0.292. The summed E-state index contributed by atoms with van der Waals surface area (Å²) in [6.45, 7) is 7.17. The third kappa shape index (κ3) is 2.99. The third-order valence-electron chi connectivity index (χ3n) is 4.17. The maximum atomic E-state index is 12.4. The van der Waals surface area contributed by atoms with Crippen LogP contribution in [0.4, 0.5) is 5.69 Å². The van der Waals surface area contributed by atoms with Crippen molar-refractivity contribution in [3.63, 3.8) is 0 Å². The molecule has 3 rings (SSSR count). The number of hydrogen-bond acceptors (Lipinski definition) is 2. The summed E-state index contributed by atoms with van der Waals surface area (Å²) in [7, 11) is 0. The molecule has 0 saturated carbocycles. The second-order valence-corrected chi connectivity index (χ2v) is 5.89. The minimum absolute atomic E-state index is 0.0490. The van der Waals surface area contributed by atoms with Crippen molar-refractivity contribution in [1.29, 1.82) is 0 Å². The number of carbonyl (C=O) groups excluding carboxylic acids is 1. The van der Waals surface area contributed by atoms with Crippen molar-refractivity contribution >= 4 is 22.5 Å². The van der Waals surface area contributed by atoms with Crippen molar-refractivity contribution in [3.8, 4) is 0 Å². The largest absolute Gasteiger partial charge is 0.345 e. The van der Waals surface area contributed by atoms with Crippen LogP contribution in [-0.4, -0.2) is 20.0 Å². The Morgan fingerprint density at radius 3 is 2.87 bits per heavy atom. The fourth-order valence-electron chi connectivity index (χ4n) is 2.89. The highest BCUT2D eigenvalue weighted by atomic mass is 16.2. The van der Waals surface area contributed by atoms with Gasteiger partial charge in [0.1, 0.15) is 6.04 Å². The normalized spacial score (nSPS) is 12.5. The summed E-state index contributed by atoms with van der Waals surface area (Å²) in [6, 6.07) is 7.95. The molecule has 3 aromatic rings. The first-order valence-corrected chi connectivity index (χ1v) is 7.98. The molecule has 23 heavy (non-hydrogen) atoms. The van der Waals surface area contributed by atoms with Gasteiger partial charge in [-0.3, -0.25) is 4.79 Å². The van der Waals surface area contributed by atoms with Crippen LogP contribution in [0.15, 0.2) is 43.0 Å². The summed E-state index contributed by atoms with van der Waals surface area (Å²) < 4.78 is 4.10. The maximum Gasteiger partial charge on any atom is 0.247 e. The zero-order valence-electron chi connectivity index (χ0n) is 13.8. The number of rotatable bonds is 5. The van der Waals surface area contributed by atoms with Gasteiger partial charge in [-0.2, -0.15) is 0 Å². The van der Waals surface area contributed by atoms with Gasteiger partial charge in [-0.25, -0.2) is 4.98 Å². The topological polar surface area (TPSA) is 51.9 Å². The van der Waals surface area contributed by atoms with Gasteiger partial charge in [0.15, 0.2) is 0 Å². The summed E-state index contributed by atoms with van der Waals surface area (Å²) in [6.07, 6.45) is 6.23. The van der Waals surface area contributed by atoms with Crippen molar-refractivity contribution in [1.82, 2.24) is 14.1 Å². The minimum Gasteiger partial charge on any atom is -0.345 e. The lowest BCUT2D eigenvalue weighted by molar-refractivity contribution is -0.118. The van der Waals surface area contributed by atoms with E-state index in [-0.39, 0.29) is 11.9 Å². The summed E-state index contributed by atoms with van der Waals surface area (Å²) in [5.74, 6) is -0.0490. The number of anilines is 1. The molecule has 0 radical (unpaired) electrons. The number of nitrogens with zero attached hydrogens (tertiary/aromatic N) is 3. The molecule has 2 aromatic heterocycles. The lowest BCUT2D eigenvalue weighted by atomic mass is 10.2. The van der Waals surface area contributed by atoms with Crippen molar-refractivity contribution in [2.24, 2.45) is 0 Å². The summed E-state index contributed by atoms with van der Waals surface area (Å²) in [5, 5.41) is 4.14. The molecular weight excluding hydrogens is 288 g/mol. The molecule has 0 saturated heterocycles. The van der Waals surface area contributed by atoms with E-state index in [9.17, 15) is 4.79 Å². The van der Waals surface area contributed by atoms with Gasteiger partial charge in [-0.05, 0) is 44.5 Å². The van der Waals surface area contributed by atoms with Crippen LogP contribution in [0.25, 0.3) is 10.9 Å². The zero-order chi connectivity index (χ0) is 16.4. The molecule has 0 bridgehead atoms. The van der Waals surface area contributed by atoms with E-state index in [1.54, 1.807) is 23.3 Å². The van der Waals surface area contributed by atoms with E-state index in [2.05, 4.69) is 40.8 Å². The van der Waals surface area contributed by atoms with Crippen molar-refractivity contribution in [3.05, 3.63) is 48.7 Å². The fraction of sp³-hybridized carbons (Fsp3) is 0.333. The Hall–Kier alpha value is -2.56. The Morgan fingerprint density at radius 1 is 1.35 bits per heavy atom. The molecule has 0 aliphatic rings. The van der Waals surface area contributed by atoms with Crippen LogP contribution in [0, 0.1) is 6.92 Å². The number of nitrogens with one attached hydrogen (secondary N) is 1. The molecule has 5 heteroatoms. The van der Waals surface area contributed by atoms with Crippen LogP contribution in [0.5, 0.6) is 0 Å². The third-order valence-corrected chi connectivity index (χ3v) is 4.17. The molecule has 0 aliphatic heterocycles. The van der Waals surface area contributed by atoms with E-state index in [4.69, 9.17) is 0 Å². The van der Waals surface area contributed by atoms with Crippen molar-refractivity contribution in [2.45, 2.75) is 39.8 Å². The first kappa shape index (κ1) is 15.3. The molecule has 120 valence electrons. The Kier molecular flexibility index (Phi) is 4.19. The first-order chi connectivity index (χ1) is 11.1. The van der Waals surface area contributed by atoms with Gasteiger partial charge in [0.2, 0.25) is 5.91 Å². The first-order valence-electron chi connectivity index (χ1n) is 7.98. The summed E-state index contributed by atoms with van der Waals surface area (Å²) in [5.41, 5.74) is 3.28. The number of amides is 1. The number of benzene rings is 1. The van der Waals surface area contributed by atoms with E-state index in [1.165, 1.54) is 11.2 Å². The molecular formula is C18H22N4O. The van der Waals surface area contributed by atoms with Crippen LogP contribution in [-0.2, 0) is 11.3 Å². The van der Waals surface area contributed by atoms with Crippen LogP contribution < -0.4 is 5.32 Å². The number of aryl methyl sites for hydroxylation is 2. The molecule has 2 heterocycles. The zero-order valence-corrected chi connectivity index (χ0v) is 13.8. The second-order valence-electron chi connectivity index (χ2n) is 5.89. The van der Waals surface area contributed by atoms with Gasteiger partial charge in [0.25, 0.3) is 0 Å². The molecule has 1 unspecified atom stereocenters. The van der Waals surface area contributed by atoms with E-state index in [0.717, 1.165) is 24.0 Å². The van der Waals surface area contributed by atoms with Gasteiger partial charge in [0, 0.05) is 41.2 Å². The van der Waals surface area contributed by atoms with Crippen LogP contribution in [0.1, 0.15) is 32.0 Å². The highest BCUT2D eigenvalue weighted by Gasteiger charge is 2.15. The summed E-state index contributed by atoms with van der Waals surface area (Å²) in [4.78, 5) is 16.3. The average Bonchev–Trinajstić information content (AvgIpc) is 3.15. The standard InChI is InChI=1S/C18H22N4O/c1-4-8-22-13(2)10-15-11-16(5-6-17(15)22)20-18(23)14(3)21-9-7-19-12-21/h5-7,9-12,14H,4,8H2,1-3H3,(H,20,23). The Morgan fingerprint density at radius 2 is 2.17 bits per heavy atom. The monoisotopic (exact) mass is 310 g/mol. The lowest BCUT2D eigenvalue weighted by Gasteiger charge is -2.13. The number of aromatic nitrogens is 3. The smallest absolute Gasteiger partial charge is 0.247 e. The van der Waals surface area contributed by atoms with Gasteiger partial charge in [0.05, 0.1) is 6.33 Å². The predicted molar refractivity (Wildman–Crippen MR) is 92.5 cm³/mol. The predicted octanol–water partition coefficient (Wildman–Crippen LogP) is 3.76. The van der Waals surface area contributed by atoms with E-state index in [0.29, 0.717) is 0 Å². The fourth-order valence-corrected chi connectivity index (χ4v) is 2.89. The number of carbonyl (C=O) groups is 1. The molecule has 5 nitrogen and oxygen atoms in total. The molecule has 0 spiro atoms. The molecule has 0 fully saturated rings. The Balaban J connectivity index is 1.82. The highest BCUT2D eigenvalue weighted by Crippen LogP contribution is 2.24. The van der Waals surface area contributed by atoms with E-state index in [1.807, 2.05) is 19.1 Å². The number of hydrogen-bond donors (Lipinski definition) is 1. The second kappa shape index (κ2) is 6.28. The lowest BCUT2D eigenvalue weighted by Crippen LogP contribution is -2.22. The van der Waals surface area contributed by atoms with E-state index >= 15 is 0 Å². The molecule has 1 amide bonds. The quantitative estimate of drug-likeness (QED) is 0.780. The summed E-state index contributed by atoms with van der Waals surface area (Å²) >= 11 is 0. The van der Waals surface area contributed by atoms with Gasteiger partial charge in [-0.1, -0.05) is 6.92 Å². The maximum absolute atomic E-state index is 12.4. The van der Waals surface area contributed by atoms with E-state index < -0.39 is 0 Å². The van der Waals surface area contributed by atoms with Crippen LogP contribution in [0.2, 0.25) is 0 Å². The molecule has 1 atom stereocenters. The van der Waals surface area contributed by atoms with Crippen LogP contribution in [0.3, 0.4) is 0 Å². The number of fused-ring (bicyclic) bond motifs is 1. The molecule has 1 N–H and O–H groups in total. The SMILES string of the molecule is CCCn1c(C)cc2cc(NC(=O)C(C)n3ccnc3)ccc21. The van der Waals surface area contributed by atoms with Gasteiger partial charge >= 0.3 is 0 Å². The molecule has 0 aliphatic carbocycles. The average molecular weight is 310 g/mol. The van der Waals surface area contributed by atoms with Crippen LogP contribution >= 0.6 is 0 Å². The van der Waals surface area contributed by atoms with Crippen molar-refractivity contribution in [2.75, 3.05) is 5.32 Å². The Bertz CT molecular complexity index is 817. The highest BCUT2D eigenvalue weighted by molar-refractivity contribution is 5.96. The Labute approximate surface area is 135 Å². The number of imidazole rings is 1. The molecule has 1 aromatic carbocycles. The van der Waals surface area contributed by atoms with Gasteiger partial charge < -0.3 is 14.5 Å². The van der Waals surface area contributed by atoms with Crippen molar-refractivity contribution < 1.29 is 4.79 Å².